The third-order valence-corrected chi connectivity index (χ3v) is 4.24. The molecule has 19 heavy (non-hydrogen) atoms. The maximum atomic E-state index is 11.9. The molecule has 106 valence electrons. The van der Waals surface area contributed by atoms with Crippen molar-refractivity contribution < 1.29 is 17.9 Å². The van der Waals surface area contributed by atoms with Gasteiger partial charge in [0.25, 0.3) is 0 Å². The molecule has 5 nitrogen and oxygen atoms in total. The van der Waals surface area contributed by atoms with Crippen molar-refractivity contribution in [1.29, 1.82) is 0 Å². The fraction of sp³-hybridized carbons (Fsp3) is 0.500. The van der Waals surface area contributed by atoms with E-state index >= 15 is 0 Å². The van der Waals surface area contributed by atoms with Gasteiger partial charge in [-0.15, -0.1) is 0 Å². The van der Waals surface area contributed by atoms with Crippen LogP contribution in [0.15, 0.2) is 24.3 Å². The lowest BCUT2D eigenvalue weighted by Gasteiger charge is -2.30. The molecule has 0 aromatic heterocycles. The topological polar surface area (TPSA) is 55.8 Å². The van der Waals surface area contributed by atoms with Gasteiger partial charge >= 0.3 is 0 Å². The van der Waals surface area contributed by atoms with E-state index < -0.39 is 15.8 Å². The number of rotatable bonds is 4. The smallest absolute Gasteiger partial charge is 0.232 e. The highest BCUT2D eigenvalue weighted by Gasteiger charge is 2.36. The Bertz CT molecular complexity index is 537. The zero-order chi connectivity index (χ0) is 14.1. The quantitative estimate of drug-likeness (QED) is 0.852. The Morgan fingerprint density at radius 2 is 1.79 bits per heavy atom. The summed E-state index contributed by atoms with van der Waals surface area (Å²) in [7, 11) is -3.43. The van der Waals surface area contributed by atoms with Crippen molar-refractivity contribution >= 4 is 27.3 Å². The average Bonchev–Trinajstić information content (AvgIpc) is 2.74. The second-order valence-electron chi connectivity index (χ2n) is 4.58. The van der Waals surface area contributed by atoms with Gasteiger partial charge < -0.3 is 9.47 Å². The Kier molecular flexibility index (Phi) is 4.06. The van der Waals surface area contributed by atoms with Crippen LogP contribution in [-0.4, -0.2) is 40.2 Å². The lowest BCUT2D eigenvalue weighted by molar-refractivity contribution is -0.131. The van der Waals surface area contributed by atoms with E-state index in [1.54, 1.807) is 31.2 Å². The molecule has 0 amide bonds. The molecule has 0 aliphatic carbocycles. The molecule has 0 radical (unpaired) electrons. The van der Waals surface area contributed by atoms with Crippen molar-refractivity contribution in [3.8, 4) is 0 Å². The second kappa shape index (κ2) is 5.28. The molecular weight excluding hydrogens is 290 g/mol. The molecule has 0 N–H and O–H groups in total. The molecule has 1 aliphatic heterocycles. The predicted molar refractivity (Wildman–Crippen MR) is 74.0 cm³/mol. The molecule has 0 atom stereocenters. The first-order chi connectivity index (χ1) is 8.80. The van der Waals surface area contributed by atoms with Crippen LogP contribution in [0.2, 0.25) is 5.02 Å². The molecule has 1 aliphatic rings. The van der Waals surface area contributed by atoms with E-state index in [4.69, 9.17) is 21.1 Å². The molecule has 7 heteroatoms. The van der Waals surface area contributed by atoms with E-state index in [2.05, 4.69) is 0 Å². The van der Waals surface area contributed by atoms with Crippen molar-refractivity contribution in [3.05, 3.63) is 29.3 Å². The number of hydrogen-bond acceptors (Lipinski definition) is 4. The van der Waals surface area contributed by atoms with Gasteiger partial charge in [-0.05, 0) is 31.2 Å². The lowest BCUT2D eigenvalue weighted by atomic mass is 10.3. The molecule has 2 rings (SSSR count). The third-order valence-electron chi connectivity index (χ3n) is 2.84. The third kappa shape index (κ3) is 3.60. The van der Waals surface area contributed by atoms with Crippen LogP contribution in [0, 0.1) is 0 Å². The fourth-order valence-electron chi connectivity index (χ4n) is 1.92. The zero-order valence-electron chi connectivity index (χ0n) is 10.8. The maximum absolute atomic E-state index is 11.9. The Morgan fingerprint density at radius 3 is 2.26 bits per heavy atom. The second-order valence-corrected chi connectivity index (χ2v) is 6.92. The van der Waals surface area contributed by atoms with Crippen molar-refractivity contribution in [1.82, 2.24) is 0 Å². The highest BCUT2D eigenvalue weighted by molar-refractivity contribution is 7.92. The number of halogens is 1. The first kappa shape index (κ1) is 14.6. The van der Waals surface area contributed by atoms with Crippen LogP contribution in [0.1, 0.15) is 6.92 Å². The number of sulfonamides is 1. The SMILES string of the molecule is CC1(CN(c2ccc(Cl)cc2)S(C)(=O)=O)OCCO1. The molecule has 0 bridgehead atoms. The molecule has 0 saturated carbocycles. The van der Waals surface area contributed by atoms with E-state index in [0.717, 1.165) is 6.26 Å². The summed E-state index contributed by atoms with van der Waals surface area (Å²) in [4.78, 5) is 0. The zero-order valence-corrected chi connectivity index (χ0v) is 12.4. The van der Waals surface area contributed by atoms with Crippen LogP contribution < -0.4 is 4.31 Å². The summed E-state index contributed by atoms with van der Waals surface area (Å²) < 4.78 is 36.0. The number of anilines is 1. The molecule has 1 fully saturated rings. The summed E-state index contributed by atoms with van der Waals surface area (Å²) in [5, 5.41) is 0.553. The Hall–Kier alpha value is -0.820. The molecule has 1 aromatic rings. The van der Waals surface area contributed by atoms with Crippen molar-refractivity contribution in [2.45, 2.75) is 12.7 Å². The minimum absolute atomic E-state index is 0.105. The normalized spacial score (nSPS) is 18.5. The fourth-order valence-corrected chi connectivity index (χ4v) is 3.02. The first-order valence-corrected chi connectivity index (χ1v) is 8.04. The van der Waals surface area contributed by atoms with Gasteiger partial charge in [-0.1, -0.05) is 11.6 Å². The molecule has 0 spiro atoms. The Labute approximate surface area is 118 Å². The Morgan fingerprint density at radius 1 is 1.26 bits per heavy atom. The minimum Gasteiger partial charge on any atom is -0.346 e. The van der Waals surface area contributed by atoms with Crippen LogP contribution >= 0.6 is 11.6 Å². The molecule has 1 heterocycles. The van der Waals surface area contributed by atoms with Crippen LogP contribution in [0.25, 0.3) is 0 Å². The van der Waals surface area contributed by atoms with Gasteiger partial charge in [0.05, 0.1) is 31.7 Å². The van der Waals surface area contributed by atoms with E-state index in [9.17, 15) is 8.42 Å². The number of ether oxygens (including phenoxy) is 2. The molecule has 0 unspecified atom stereocenters. The largest absolute Gasteiger partial charge is 0.346 e. The summed E-state index contributed by atoms with van der Waals surface area (Å²) in [5.74, 6) is -0.914. The van der Waals surface area contributed by atoms with E-state index in [1.807, 2.05) is 0 Å². The van der Waals surface area contributed by atoms with Gasteiger partial charge in [-0.3, -0.25) is 4.31 Å². The monoisotopic (exact) mass is 305 g/mol. The standard InChI is InChI=1S/C12H16ClNO4S/c1-12(17-7-8-18-12)9-14(19(2,15)16)11-5-3-10(13)4-6-11/h3-6H,7-9H2,1-2H3. The number of benzene rings is 1. The molecule has 1 aromatic carbocycles. The number of nitrogens with zero attached hydrogens (tertiary/aromatic N) is 1. The lowest BCUT2D eigenvalue weighted by Crippen LogP contribution is -2.44. The summed E-state index contributed by atoms with van der Waals surface area (Å²) in [5.41, 5.74) is 0.534. The van der Waals surface area contributed by atoms with Crippen LogP contribution in [-0.2, 0) is 19.5 Å². The van der Waals surface area contributed by atoms with Crippen LogP contribution in [0.3, 0.4) is 0 Å². The van der Waals surface area contributed by atoms with Crippen LogP contribution in [0.5, 0.6) is 0 Å². The van der Waals surface area contributed by atoms with Gasteiger partial charge in [-0.25, -0.2) is 8.42 Å². The first-order valence-electron chi connectivity index (χ1n) is 5.81. The molecular formula is C12H16ClNO4S. The van der Waals surface area contributed by atoms with Gasteiger partial charge in [0.15, 0.2) is 5.79 Å². The minimum atomic E-state index is -3.43. The highest BCUT2D eigenvalue weighted by atomic mass is 35.5. The number of hydrogen-bond donors (Lipinski definition) is 0. The van der Waals surface area contributed by atoms with E-state index in [-0.39, 0.29) is 6.54 Å². The predicted octanol–water partition coefficient (Wildman–Crippen LogP) is 1.87. The Balaban J connectivity index is 2.29. The summed E-state index contributed by atoms with van der Waals surface area (Å²) >= 11 is 5.81. The molecule has 1 saturated heterocycles. The summed E-state index contributed by atoms with van der Waals surface area (Å²) in [6.07, 6.45) is 1.15. The highest BCUT2D eigenvalue weighted by Crippen LogP contribution is 2.26. The maximum Gasteiger partial charge on any atom is 0.232 e. The van der Waals surface area contributed by atoms with Crippen molar-refractivity contribution in [2.75, 3.05) is 30.3 Å². The average molecular weight is 306 g/mol. The van der Waals surface area contributed by atoms with Crippen LogP contribution in [0.4, 0.5) is 5.69 Å². The van der Waals surface area contributed by atoms with Gasteiger partial charge in [0, 0.05) is 5.02 Å². The van der Waals surface area contributed by atoms with Gasteiger partial charge in [-0.2, -0.15) is 0 Å². The summed E-state index contributed by atoms with van der Waals surface area (Å²) in [6, 6.07) is 6.60. The van der Waals surface area contributed by atoms with Crippen molar-refractivity contribution in [2.24, 2.45) is 0 Å². The van der Waals surface area contributed by atoms with Gasteiger partial charge in [0.2, 0.25) is 10.0 Å². The summed E-state index contributed by atoms with van der Waals surface area (Å²) in [6.45, 7) is 2.77. The van der Waals surface area contributed by atoms with Gasteiger partial charge in [0.1, 0.15) is 0 Å². The van der Waals surface area contributed by atoms with E-state index in [1.165, 1.54) is 4.31 Å². The van der Waals surface area contributed by atoms with E-state index in [0.29, 0.717) is 23.9 Å². The van der Waals surface area contributed by atoms with Crippen molar-refractivity contribution in [3.63, 3.8) is 0 Å².